The van der Waals surface area contributed by atoms with Gasteiger partial charge in [0, 0.05) is 25.8 Å². The maximum atomic E-state index is 12.2. The predicted molar refractivity (Wildman–Crippen MR) is 98.8 cm³/mol. The van der Waals surface area contributed by atoms with Crippen LogP contribution in [0.2, 0.25) is 0 Å². The lowest BCUT2D eigenvalue weighted by atomic mass is 10.1. The maximum absolute atomic E-state index is 12.2. The molecule has 1 aromatic carbocycles. The highest BCUT2D eigenvalue weighted by molar-refractivity contribution is 5.92. The Morgan fingerprint density at radius 1 is 1.12 bits per heavy atom. The molecule has 0 aliphatic carbocycles. The Bertz CT molecular complexity index is 697. The summed E-state index contributed by atoms with van der Waals surface area (Å²) in [5.41, 5.74) is 2.76. The molecular weight excluding hydrogens is 316 g/mol. The van der Waals surface area contributed by atoms with Gasteiger partial charge in [0.15, 0.2) is 5.82 Å². The SMILES string of the molecule is O=C(NCCc1ccc(CO)cc1)Nc1cccnc1N1CCCC1. The van der Waals surface area contributed by atoms with E-state index in [1.807, 2.05) is 36.4 Å². The Labute approximate surface area is 147 Å². The van der Waals surface area contributed by atoms with Gasteiger partial charge in [-0.05, 0) is 42.5 Å². The number of carbonyl (C=O) groups is 1. The van der Waals surface area contributed by atoms with Gasteiger partial charge in [-0.25, -0.2) is 9.78 Å². The zero-order valence-electron chi connectivity index (χ0n) is 14.2. The molecule has 3 rings (SSSR count). The smallest absolute Gasteiger partial charge is 0.319 e. The fourth-order valence-corrected chi connectivity index (χ4v) is 2.97. The van der Waals surface area contributed by atoms with Gasteiger partial charge in [-0.3, -0.25) is 0 Å². The van der Waals surface area contributed by atoms with Crippen LogP contribution in [0.3, 0.4) is 0 Å². The summed E-state index contributed by atoms with van der Waals surface area (Å²) in [7, 11) is 0. The van der Waals surface area contributed by atoms with Gasteiger partial charge in [0.25, 0.3) is 0 Å². The van der Waals surface area contributed by atoms with Gasteiger partial charge in [-0.2, -0.15) is 0 Å². The number of amides is 2. The number of hydrogen-bond acceptors (Lipinski definition) is 4. The van der Waals surface area contributed by atoms with Crippen LogP contribution in [0.1, 0.15) is 24.0 Å². The summed E-state index contributed by atoms with van der Waals surface area (Å²) in [6.45, 7) is 2.56. The highest BCUT2D eigenvalue weighted by Gasteiger charge is 2.17. The molecule has 0 atom stereocenters. The predicted octanol–water partition coefficient (Wildman–Crippen LogP) is 2.54. The molecule has 0 unspecified atom stereocenters. The molecule has 1 aromatic heterocycles. The van der Waals surface area contributed by atoms with Crippen LogP contribution < -0.4 is 15.5 Å². The minimum Gasteiger partial charge on any atom is -0.392 e. The summed E-state index contributed by atoms with van der Waals surface area (Å²) in [6.07, 6.45) is 4.83. The van der Waals surface area contributed by atoms with E-state index in [0.29, 0.717) is 6.54 Å². The monoisotopic (exact) mass is 340 g/mol. The summed E-state index contributed by atoms with van der Waals surface area (Å²) in [6, 6.07) is 11.2. The van der Waals surface area contributed by atoms with Crippen molar-refractivity contribution in [2.45, 2.75) is 25.9 Å². The van der Waals surface area contributed by atoms with Crippen molar-refractivity contribution in [2.24, 2.45) is 0 Å². The molecule has 6 nitrogen and oxygen atoms in total. The number of carbonyl (C=O) groups excluding carboxylic acids is 1. The lowest BCUT2D eigenvalue weighted by Crippen LogP contribution is -2.31. The van der Waals surface area contributed by atoms with E-state index in [0.717, 1.165) is 55.0 Å². The molecule has 2 aromatic rings. The number of nitrogens with zero attached hydrogens (tertiary/aromatic N) is 2. The molecule has 1 fully saturated rings. The van der Waals surface area contributed by atoms with Crippen LogP contribution in [0.25, 0.3) is 0 Å². The molecule has 132 valence electrons. The second-order valence-corrected chi connectivity index (χ2v) is 6.17. The second kappa shape index (κ2) is 8.48. The third kappa shape index (κ3) is 4.70. The Morgan fingerprint density at radius 3 is 2.56 bits per heavy atom. The van der Waals surface area contributed by atoms with E-state index in [9.17, 15) is 4.79 Å². The van der Waals surface area contributed by atoms with Gasteiger partial charge in [0.1, 0.15) is 0 Å². The molecule has 2 amide bonds. The number of aliphatic hydroxyl groups excluding tert-OH is 1. The van der Waals surface area contributed by atoms with Crippen molar-refractivity contribution in [3.05, 3.63) is 53.7 Å². The van der Waals surface area contributed by atoms with Crippen LogP contribution in [-0.2, 0) is 13.0 Å². The molecule has 0 saturated carbocycles. The number of anilines is 2. The first-order valence-corrected chi connectivity index (χ1v) is 8.70. The molecule has 0 spiro atoms. The first kappa shape index (κ1) is 17.2. The molecule has 6 heteroatoms. The summed E-state index contributed by atoms with van der Waals surface area (Å²) < 4.78 is 0. The summed E-state index contributed by atoms with van der Waals surface area (Å²) in [4.78, 5) is 18.8. The fourth-order valence-electron chi connectivity index (χ4n) is 2.97. The van der Waals surface area contributed by atoms with Crippen molar-refractivity contribution in [2.75, 3.05) is 29.9 Å². The molecule has 1 aliphatic rings. The van der Waals surface area contributed by atoms with E-state index in [2.05, 4.69) is 20.5 Å². The van der Waals surface area contributed by atoms with E-state index in [1.165, 1.54) is 0 Å². The topological polar surface area (TPSA) is 77.5 Å². The van der Waals surface area contributed by atoms with Crippen LogP contribution in [0, 0.1) is 0 Å². The van der Waals surface area contributed by atoms with Crippen LogP contribution >= 0.6 is 0 Å². The average Bonchev–Trinajstić information content (AvgIpc) is 3.17. The molecule has 1 saturated heterocycles. The van der Waals surface area contributed by atoms with Crippen LogP contribution in [-0.4, -0.2) is 35.8 Å². The van der Waals surface area contributed by atoms with Crippen molar-refractivity contribution in [1.82, 2.24) is 10.3 Å². The van der Waals surface area contributed by atoms with Crippen molar-refractivity contribution in [3.63, 3.8) is 0 Å². The summed E-state index contributed by atoms with van der Waals surface area (Å²) in [5, 5.41) is 14.8. The van der Waals surface area contributed by atoms with Gasteiger partial charge in [0.2, 0.25) is 0 Å². The number of hydrogen-bond donors (Lipinski definition) is 3. The normalized spacial score (nSPS) is 13.7. The average molecular weight is 340 g/mol. The fraction of sp³-hybridized carbons (Fsp3) is 0.368. The van der Waals surface area contributed by atoms with Crippen molar-refractivity contribution < 1.29 is 9.90 Å². The third-order valence-electron chi connectivity index (χ3n) is 4.35. The highest BCUT2D eigenvalue weighted by Crippen LogP contribution is 2.25. The highest BCUT2D eigenvalue weighted by atomic mass is 16.3. The number of benzene rings is 1. The van der Waals surface area contributed by atoms with E-state index in [4.69, 9.17) is 5.11 Å². The first-order chi connectivity index (χ1) is 12.3. The maximum Gasteiger partial charge on any atom is 0.319 e. The minimum atomic E-state index is -0.222. The first-order valence-electron chi connectivity index (χ1n) is 8.70. The summed E-state index contributed by atoms with van der Waals surface area (Å²) >= 11 is 0. The van der Waals surface area contributed by atoms with Crippen LogP contribution in [0.5, 0.6) is 0 Å². The van der Waals surface area contributed by atoms with Gasteiger partial charge in [-0.1, -0.05) is 24.3 Å². The van der Waals surface area contributed by atoms with Gasteiger partial charge < -0.3 is 20.6 Å². The lowest BCUT2D eigenvalue weighted by molar-refractivity contribution is 0.252. The molecule has 25 heavy (non-hydrogen) atoms. The van der Waals surface area contributed by atoms with E-state index in [-0.39, 0.29) is 12.6 Å². The number of rotatable bonds is 6. The van der Waals surface area contributed by atoms with Gasteiger partial charge in [0.05, 0.1) is 12.3 Å². The number of nitrogens with one attached hydrogen (secondary N) is 2. The zero-order chi connectivity index (χ0) is 17.5. The zero-order valence-corrected chi connectivity index (χ0v) is 14.2. The largest absolute Gasteiger partial charge is 0.392 e. The number of aliphatic hydroxyl groups is 1. The lowest BCUT2D eigenvalue weighted by Gasteiger charge is -2.20. The quantitative estimate of drug-likeness (QED) is 0.755. The number of pyridine rings is 1. The van der Waals surface area contributed by atoms with E-state index < -0.39 is 0 Å². The standard InChI is InChI=1S/C19H24N4O2/c24-14-16-7-5-15(6-8-16)9-11-21-19(25)22-17-4-3-10-20-18(17)23-12-1-2-13-23/h3-8,10,24H,1-2,9,11-14H2,(H2,21,22,25). The summed E-state index contributed by atoms with van der Waals surface area (Å²) in [5.74, 6) is 0.842. The van der Waals surface area contributed by atoms with Gasteiger partial charge >= 0.3 is 6.03 Å². The molecule has 0 bridgehead atoms. The Balaban J connectivity index is 1.50. The number of aromatic nitrogens is 1. The molecule has 3 N–H and O–H groups in total. The second-order valence-electron chi connectivity index (χ2n) is 6.17. The molecule has 1 aliphatic heterocycles. The van der Waals surface area contributed by atoms with Gasteiger partial charge in [-0.15, -0.1) is 0 Å². The van der Waals surface area contributed by atoms with Crippen molar-refractivity contribution in [3.8, 4) is 0 Å². The van der Waals surface area contributed by atoms with E-state index in [1.54, 1.807) is 6.20 Å². The molecule has 2 heterocycles. The molecule has 0 radical (unpaired) electrons. The minimum absolute atomic E-state index is 0.0470. The van der Waals surface area contributed by atoms with Crippen molar-refractivity contribution >= 4 is 17.5 Å². The Hall–Kier alpha value is -2.60. The Morgan fingerprint density at radius 2 is 1.84 bits per heavy atom. The third-order valence-corrected chi connectivity index (χ3v) is 4.35. The van der Waals surface area contributed by atoms with E-state index >= 15 is 0 Å². The van der Waals surface area contributed by atoms with Crippen LogP contribution in [0.15, 0.2) is 42.6 Å². The number of urea groups is 1. The van der Waals surface area contributed by atoms with Crippen molar-refractivity contribution in [1.29, 1.82) is 0 Å². The Kier molecular flexibility index (Phi) is 5.85. The molecular formula is C19H24N4O2. The van der Waals surface area contributed by atoms with Crippen LogP contribution in [0.4, 0.5) is 16.3 Å².